The zero-order chi connectivity index (χ0) is 39.5. The number of alkyl carbamates (subject to hydrolysis) is 1. The molecule has 4 aromatic carbocycles. The average Bonchev–Trinajstić information content (AvgIpc) is 3.55. The minimum absolute atomic E-state index is 0.0351. The number of ether oxygens (including phenoxy) is 1. The van der Waals surface area contributed by atoms with Crippen LogP contribution in [-0.2, 0) is 43.2 Å². The third-order valence-corrected chi connectivity index (χ3v) is 8.90. The lowest BCUT2D eigenvalue weighted by Crippen LogP contribution is -2.59. The second-order valence-electron chi connectivity index (χ2n) is 14.4. The number of para-hydroxylation sites is 1. The molecule has 0 aliphatic carbocycles. The highest BCUT2D eigenvalue weighted by molar-refractivity contribution is 5.96. The van der Waals surface area contributed by atoms with Crippen molar-refractivity contribution in [1.82, 2.24) is 26.3 Å². The SMILES string of the molecule is CC(C)(C)OC(=O)N[C@@H](Cc1c[nH]c2ccccc12)C(=O)N[C@@H](Cc1ccc2ccccc2c1)C(=O)N[C@@H](CC(=O)O)C(=O)N[C@H](CO)Cc1ccccc1. The first-order valence-electron chi connectivity index (χ1n) is 18.1. The summed E-state index contributed by atoms with van der Waals surface area (Å²) >= 11 is 0. The normalized spacial score (nSPS) is 13.6. The highest BCUT2D eigenvalue weighted by atomic mass is 16.6. The van der Waals surface area contributed by atoms with Gasteiger partial charge in [-0.05, 0) is 60.7 Å². The molecule has 0 aliphatic rings. The molecule has 5 rings (SSSR count). The number of aromatic nitrogens is 1. The number of H-pyrrole nitrogens is 1. The molecule has 13 nitrogen and oxygen atoms in total. The van der Waals surface area contributed by atoms with Crippen LogP contribution in [0.3, 0.4) is 0 Å². The number of hydrogen-bond donors (Lipinski definition) is 7. The largest absolute Gasteiger partial charge is 0.481 e. The van der Waals surface area contributed by atoms with Crippen LogP contribution < -0.4 is 21.3 Å². The van der Waals surface area contributed by atoms with Crippen molar-refractivity contribution in [2.75, 3.05) is 6.61 Å². The van der Waals surface area contributed by atoms with Crippen LogP contribution in [0.4, 0.5) is 4.79 Å². The monoisotopic (exact) mass is 749 g/mol. The molecule has 4 atom stereocenters. The van der Waals surface area contributed by atoms with Gasteiger partial charge in [0.05, 0.1) is 19.1 Å². The summed E-state index contributed by atoms with van der Waals surface area (Å²) in [5, 5.41) is 33.1. The van der Waals surface area contributed by atoms with Gasteiger partial charge in [-0.1, -0.05) is 91.0 Å². The molecule has 0 saturated carbocycles. The molecular weight excluding hydrogens is 702 g/mol. The zero-order valence-electron chi connectivity index (χ0n) is 31.0. The van der Waals surface area contributed by atoms with Crippen LogP contribution in [0.25, 0.3) is 21.7 Å². The van der Waals surface area contributed by atoms with Gasteiger partial charge < -0.3 is 41.2 Å². The molecule has 1 heterocycles. The third kappa shape index (κ3) is 11.6. The number of rotatable bonds is 16. The maximum absolute atomic E-state index is 14.2. The summed E-state index contributed by atoms with van der Waals surface area (Å²) in [4.78, 5) is 70.0. The molecule has 0 saturated heterocycles. The minimum Gasteiger partial charge on any atom is -0.481 e. The first kappa shape index (κ1) is 40.0. The van der Waals surface area contributed by atoms with Crippen LogP contribution in [-0.4, -0.2) is 81.4 Å². The number of aromatic amines is 1. The summed E-state index contributed by atoms with van der Waals surface area (Å²) in [5.74, 6) is -3.70. The highest BCUT2D eigenvalue weighted by Gasteiger charge is 2.33. The Labute approximate surface area is 318 Å². The predicted octanol–water partition coefficient (Wildman–Crippen LogP) is 4.16. The molecular formula is C42H47N5O8. The van der Waals surface area contributed by atoms with E-state index >= 15 is 0 Å². The van der Waals surface area contributed by atoms with Crippen molar-refractivity contribution in [3.05, 3.63) is 120 Å². The second-order valence-corrected chi connectivity index (χ2v) is 14.4. The molecule has 0 radical (unpaired) electrons. The molecule has 0 fully saturated rings. The first-order chi connectivity index (χ1) is 26.3. The lowest BCUT2D eigenvalue weighted by Gasteiger charge is -2.27. The van der Waals surface area contributed by atoms with E-state index in [1.54, 1.807) is 27.0 Å². The van der Waals surface area contributed by atoms with Crippen LogP contribution >= 0.6 is 0 Å². The molecule has 4 amide bonds. The van der Waals surface area contributed by atoms with Gasteiger partial charge >= 0.3 is 12.1 Å². The van der Waals surface area contributed by atoms with Crippen molar-refractivity contribution < 1.29 is 38.9 Å². The summed E-state index contributed by atoms with van der Waals surface area (Å²) in [7, 11) is 0. The number of carboxylic acid groups (broad SMARTS) is 1. The number of hydrogen-bond acceptors (Lipinski definition) is 7. The number of carbonyl (C=O) groups is 5. The fraction of sp³-hybridized carbons (Fsp3) is 0.310. The number of fused-ring (bicyclic) bond motifs is 2. The number of aliphatic hydroxyl groups is 1. The van der Waals surface area contributed by atoms with Crippen molar-refractivity contribution >= 4 is 51.5 Å². The van der Waals surface area contributed by atoms with Gasteiger partial charge in [0.15, 0.2) is 0 Å². The van der Waals surface area contributed by atoms with E-state index in [1.807, 2.05) is 97.1 Å². The minimum atomic E-state index is -1.55. The third-order valence-electron chi connectivity index (χ3n) is 8.90. The van der Waals surface area contributed by atoms with Gasteiger partial charge in [-0.25, -0.2) is 4.79 Å². The Morgan fingerprint density at radius 1 is 0.673 bits per heavy atom. The molecule has 0 aliphatic heterocycles. The van der Waals surface area contributed by atoms with E-state index in [4.69, 9.17) is 4.74 Å². The van der Waals surface area contributed by atoms with E-state index in [0.717, 1.165) is 32.8 Å². The summed E-state index contributed by atoms with van der Waals surface area (Å²) in [6, 6.07) is 25.0. The van der Waals surface area contributed by atoms with Crippen LogP contribution in [0.1, 0.15) is 43.9 Å². The molecule has 13 heteroatoms. The topological polar surface area (TPSA) is 199 Å². The van der Waals surface area contributed by atoms with Crippen LogP contribution in [0.15, 0.2) is 103 Å². The van der Waals surface area contributed by atoms with E-state index < -0.39 is 72.6 Å². The standard InChI is InChI=1S/C42H47N5O8/c1-42(2,3)55-41(54)47-35(22-30-24-43-33-16-10-9-15-32(30)33)40(53)45-34(21-27-17-18-28-13-7-8-14-29(28)19-27)39(52)46-36(23-37(49)50)38(51)44-31(25-48)20-26-11-5-4-6-12-26/h4-19,24,31,34-36,43,48H,20-23,25H2,1-3H3,(H,44,51)(H,45,53)(H,46,52)(H,47,54)(H,49,50)/t31-,34-,35-,36-/m0/s1. The molecule has 7 N–H and O–H groups in total. The average molecular weight is 750 g/mol. The number of amides is 4. The summed E-state index contributed by atoms with van der Waals surface area (Å²) in [6.07, 6.45) is 0.404. The molecule has 1 aromatic heterocycles. The Balaban J connectivity index is 1.42. The zero-order valence-corrected chi connectivity index (χ0v) is 31.0. The maximum Gasteiger partial charge on any atom is 0.408 e. The summed E-state index contributed by atoms with van der Waals surface area (Å²) in [5.41, 5.74) is 2.21. The number of carbonyl (C=O) groups excluding carboxylic acids is 4. The maximum atomic E-state index is 14.2. The second kappa shape index (κ2) is 18.2. The van der Waals surface area contributed by atoms with Gasteiger partial charge in [0.1, 0.15) is 23.7 Å². The van der Waals surface area contributed by atoms with Gasteiger partial charge in [-0.2, -0.15) is 0 Å². The van der Waals surface area contributed by atoms with Crippen molar-refractivity contribution in [2.45, 2.75) is 76.2 Å². The molecule has 0 bridgehead atoms. The van der Waals surface area contributed by atoms with E-state index in [1.165, 1.54) is 0 Å². The Morgan fingerprint density at radius 3 is 1.98 bits per heavy atom. The molecule has 55 heavy (non-hydrogen) atoms. The molecule has 0 spiro atoms. The number of benzene rings is 4. The summed E-state index contributed by atoms with van der Waals surface area (Å²) in [6.45, 7) is 4.65. The quantitative estimate of drug-likeness (QED) is 0.0780. The van der Waals surface area contributed by atoms with Crippen molar-refractivity contribution in [1.29, 1.82) is 0 Å². The van der Waals surface area contributed by atoms with Crippen molar-refractivity contribution in [3.63, 3.8) is 0 Å². The van der Waals surface area contributed by atoms with Crippen molar-refractivity contribution in [3.8, 4) is 0 Å². The van der Waals surface area contributed by atoms with E-state index in [2.05, 4.69) is 26.3 Å². The first-order valence-corrected chi connectivity index (χ1v) is 18.1. The van der Waals surface area contributed by atoms with Crippen LogP contribution in [0.5, 0.6) is 0 Å². The highest BCUT2D eigenvalue weighted by Crippen LogP contribution is 2.21. The Kier molecular flexibility index (Phi) is 13.2. The fourth-order valence-electron chi connectivity index (χ4n) is 6.28. The van der Waals surface area contributed by atoms with Gasteiger partial charge in [0.2, 0.25) is 17.7 Å². The molecule has 288 valence electrons. The van der Waals surface area contributed by atoms with Crippen molar-refractivity contribution in [2.24, 2.45) is 0 Å². The number of carboxylic acids is 1. The van der Waals surface area contributed by atoms with Gasteiger partial charge in [0, 0.05) is 29.9 Å². The van der Waals surface area contributed by atoms with E-state index in [-0.39, 0.29) is 19.3 Å². The predicted molar refractivity (Wildman–Crippen MR) is 208 cm³/mol. The summed E-state index contributed by atoms with van der Waals surface area (Å²) < 4.78 is 5.47. The van der Waals surface area contributed by atoms with Crippen LogP contribution in [0.2, 0.25) is 0 Å². The number of nitrogens with one attached hydrogen (secondary N) is 5. The smallest absolute Gasteiger partial charge is 0.408 e. The fourth-order valence-corrected chi connectivity index (χ4v) is 6.28. The lowest BCUT2D eigenvalue weighted by molar-refractivity contribution is -0.141. The Bertz CT molecular complexity index is 2130. The number of aliphatic carboxylic acids is 1. The lowest BCUT2D eigenvalue weighted by atomic mass is 9.99. The van der Waals surface area contributed by atoms with Gasteiger partial charge in [0.25, 0.3) is 0 Å². The van der Waals surface area contributed by atoms with E-state index in [0.29, 0.717) is 5.56 Å². The van der Waals surface area contributed by atoms with Gasteiger partial charge in [-0.3, -0.25) is 19.2 Å². The van der Waals surface area contributed by atoms with Gasteiger partial charge in [-0.15, -0.1) is 0 Å². The van der Waals surface area contributed by atoms with Crippen LogP contribution in [0, 0.1) is 0 Å². The van der Waals surface area contributed by atoms with E-state index in [9.17, 15) is 34.2 Å². The number of aliphatic hydroxyl groups excluding tert-OH is 1. The Morgan fingerprint density at radius 2 is 1.29 bits per heavy atom. The molecule has 0 unspecified atom stereocenters. The Hall–Kier alpha value is -6.21. The molecule has 5 aromatic rings.